The number of carbonyl (C=O) groups excluding carboxylic acids is 1. The molecule has 0 aliphatic heterocycles. The fourth-order valence-electron chi connectivity index (χ4n) is 2.99. The first-order chi connectivity index (χ1) is 16.3. The van der Waals surface area contributed by atoms with Crippen LogP contribution in [0.15, 0.2) is 88.8 Å². The van der Waals surface area contributed by atoms with Gasteiger partial charge in [0.05, 0.1) is 11.4 Å². The molecule has 0 unspecified atom stereocenters. The van der Waals surface area contributed by atoms with Crippen LogP contribution in [-0.4, -0.2) is 34.1 Å². The zero-order valence-corrected chi connectivity index (χ0v) is 18.9. The van der Waals surface area contributed by atoms with Crippen LogP contribution in [-0.2, 0) is 16.6 Å². The van der Waals surface area contributed by atoms with Crippen molar-refractivity contribution in [3.8, 4) is 0 Å². The molecule has 34 heavy (non-hydrogen) atoms. The molecule has 2 aromatic heterocycles. The van der Waals surface area contributed by atoms with Crippen LogP contribution in [0.25, 0.3) is 0 Å². The van der Waals surface area contributed by atoms with Gasteiger partial charge < -0.3 is 5.32 Å². The molecule has 2 aromatic carbocycles. The highest BCUT2D eigenvalue weighted by molar-refractivity contribution is 7.92. The van der Waals surface area contributed by atoms with Gasteiger partial charge in [0.2, 0.25) is 5.95 Å². The molecule has 0 radical (unpaired) electrons. The second kappa shape index (κ2) is 9.63. The number of rotatable bonds is 7. The number of hydrogen-bond acceptors (Lipinski definition) is 7. The van der Waals surface area contributed by atoms with E-state index < -0.39 is 15.9 Å². The Morgan fingerprint density at radius 3 is 2.29 bits per heavy atom. The van der Waals surface area contributed by atoms with E-state index in [-0.39, 0.29) is 28.6 Å². The normalized spacial score (nSPS) is 11.1. The molecular weight excluding hydrogens is 456 g/mol. The first-order valence-corrected chi connectivity index (χ1v) is 11.6. The highest BCUT2D eigenvalue weighted by atomic mass is 32.2. The lowest BCUT2D eigenvalue weighted by Crippen LogP contribution is -2.26. The number of nitrogens with zero attached hydrogens (tertiary/aromatic N) is 4. The lowest BCUT2D eigenvalue weighted by atomic mass is 10.1. The maximum absolute atomic E-state index is 12.7. The molecule has 0 saturated carbocycles. The second-order valence-electron chi connectivity index (χ2n) is 7.36. The summed E-state index contributed by atoms with van der Waals surface area (Å²) in [7, 11) is -3.89. The molecule has 0 aliphatic carbocycles. The third kappa shape index (κ3) is 5.51. The van der Waals surface area contributed by atoms with Crippen LogP contribution in [0.1, 0.15) is 21.6 Å². The molecular formula is C23H20N6O4S. The van der Waals surface area contributed by atoms with E-state index in [1.165, 1.54) is 53.5 Å². The van der Waals surface area contributed by atoms with E-state index in [9.17, 15) is 18.0 Å². The van der Waals surface area contributed by atoms with Gasteiger partial charge in [-0.25, -0.2) is 27.8 Å². The minimum absolute atomic E-state index is 0.0253. The van der Waals surface area contributed by atoms with Crippen molar-refractivity contribution in [3.63, 3.8) is 0 Å². The Bertz CT molecular complexity index is 1470. The number of carbonyl (C=O) groups is 1. The molecule has 2 heterocycles. The lowest BCUT2D eigenvalue weighted by Gasteiger charge is -2.09. The molecule has 0 atom stereocenters. The maximum Gasteiger partial charge on any atom is 0.276 e. The van der Waals surface area contributed by atoms with Gasteiger partial charge in [-0.1, -0.05) is 29.8 Å². The minimum atomic E-state index is -3.89. The standard InChI is InChI=1S/C23H20N6O4S/c1-16-3-5-17(6-4-16)15-29-21(30)12-11-20(27-29)22(31)26-18-7-9-19(10-8-18)34(32,33)28-23-24-13-2-14-25-23/h2-14H,15H2,1H3,(H,26,31)(H,24,25,28). The Kier molecular flexibility index (Phi) is 6.46. The van der Waals surface area contributed by atoms with Crippen molar-refractivity contribution in [2.24, 2.45) is 0 Å². The fraction of sp³-hybridized carbons (Fsp3) is 0.0870. The summed E-state index contributed by atoms with van der Waals surface area (Å²) < 4.78 is 28.4. The largest absolute Gasteiger partial charge is 0.321 e. The van der Waals surface area contributed by atoms with E-state index in [1.54, 1.807) is 6.07 Å². The van der Waals surface area contributed by atoms with Crippen molar-refractivity contribution in [2.45, 2.75) is 18.4 Å². The number of aryl methyl sites for hydroxylation is 1. The molecule has 0 bridgehead atoms. The average molecular weight is 477 g/mol. The monoisotopic (exact) mass is 476 g/mol. The van der Waals surface area contributed by atoms with E-state index in [0.717, 1.165) is 11.1 Å². The highest BCUT2D eigenvalue weighted by Crippen LogP contribution is 2.17. The summed E-state index contributed by atoms with van der Waals surface area (Å²) in [6.45, 7) is 2.19. The number of aromatic nitrogens is 4. The van der Waals surface area contributed by atoms with Crippen molar-refractivity contribution >= 4 is 27.6 Å². The molecule has 4 aromatic rings. The van der Waals surface area contributed by atoms with Crippen molar-refractivity contribution in [1.29, 1.82) is 0 Å². The fourth-order valence-corrected chi connectivity index (χ4v) is 3.95. The number of hydrogen-bond donors (Lipinski definition) is 2. The van der Waals surface area contributed by atoms with Gasteiger partial charge in [-0.3, -0.25) is 9.59 Å². The number of nitrogens with one attached hydrogen (secondary N) is 2. The number of benzene rings is 2. The Hall–Kier alpha value is -4.38. The summed E-state index contributed by atoms with van der Waals surface area (Å²) in [6.07, 6.45) is 2.84. The molecule has 2 N–H and O–H groups in total. The smallest absolute Gasteiger partial charge is 0.276 e. The van der Waals surface area contributed by atoms with E-state index in [1.807, 2.05) is 31.2 Å². The molecule has 0 spiro atoms. The highest BCUT2D eigenvalue weighted by Gasteiger charge is 2.16. The van der Waals surface area contributed by atoms with Crippen molar-refractivity contribution in [3.05, 3.63) is 106 Å². The predicted molar refractivity (Wildman–Crippen MR) is 126 cm³/mol. The first kappa shape index (κ1) is 22.8. The summed E-state index contributed by atoms with van der Waals surface area (Å²) in [5.41, 5.74) is 2.05. The van der Waals surface area contributed by atoms with Crippen molar-refractivity contribution in [1.82, 2.24) is 19.7 Å². The number of anilines is 2. The molecule has 10 nitrogen and oxygen atoms in total. The quantitative estimate of drug-likeness (QED) is 0.418. The minimum Gasteiger partial charge on any atom is -0.321 e. The summed E-state index contributed by atoms with van der Waals surface area (Å²) in [5, 5.41) is 6.81. The summed E-state index contributed by atoms with van der Waals surface area (Å²) in [5.74, 6) is -0.587. The zero-order valence-electron chi connectivity index (χ0n) is 18.0. The Labute approximate surface area is 195 Å². The average Bonchev–Trinajstić information content (AvgIpc) is 2.82. The topological polar surface area (TPSA) is 136 Å². The molecule has 1 amide bonds. The lowest BCUT2D eigenvalue weighted by molar-refractivity contribution is 0.102. The second-order valence-corrected chi connectivity index (χ2v) is 9.04. The molecule has 0 aliphatic rings. The first-order valence-electron chi connectivity index (χ1n) is 10.2. The predicted octanol–water partition coefficient (Wildman–Crippen LogP) is 2.44. The third-order valence-electron chi connectivity index (χ3n) is 4.77. The van der Waals surface area contributed by atoms with Gasteiger partial charge in [0.25, 0.3) is 21.5 Å². The van der Waals surface area contributed by atoms with Crippen LogP contribution in [0.2, 0.25) is 0 Å². The summed E-state index contributed by atoms with van der Waals surface area (Å²) in [6, 6.07) is 17.4. The Balaban J connectivity index is 1.46. The van der Waals surface area contributed by atoms with Crippen LogP contribution in [0, 0.1) is 6.92 Å². The molecule has 11 heteroatoms. The zero-order chi connectivity index (χ0) is 24.1. The van der Waals surface area contributed by atoms with Crippen LogP contribution >= 0.6 is 0 Å². The van der Waals surface area contributed by atoms with Gasteiger partial charge in [-0.2, -0.15) is 5.10 Å². The van der Waals surface area contributed by atoms with Crippen LogP contribution < -0.4 is 15.6 Å². The van der Waals surface area contributed by atoms with Gasteiger partial charge >= 0.3 is 0 Å². The van der Waals surface area contributed by atoms with Crippen LogP contribution in [0.3, 0.4) is 0 Å². The summed E-state index contributed by atoms with van der Waals surface area (Å²) >= 11 is 0. The van der Waals surface area contributed by atoms with E-state index >= 15 is 0 Å². The van der Waals surface area contributed by atoms with E-state index in [4.69, 9.17) is 0 Å². The van der Waals surface area contributed by atoms with Crippen molar-refractivity contribution in [2.75, 3.05) is 10.0 Å². The Morgan fingerprint density at radius 1 is 0.941 bits per heavy atom. The van der Waals surface area contributed by atoms with Gasteiger partial charge in [0, 0.05) is 24.1 Å². The van der Waals surface area contributed by atoms with E-state index in [2.05, 4.69) is 25.1 Å². The Morgan fingerprint density at radius 2 is 1.62 bits per heavy atom. The summed E-state index contributed by atoms with van der Waals surface area (Å²) in [4.78, 5) is 32.5. The van der Waals surface area contributed by atoms with Crippen LogP contribution in [0.4, 0.5) is 11.6 Å². The van der Waals surface area contributed by atoms with Gasteiger partial charge in [0.15, 0.2) is 0 Å². The van der Waals surface area contributed by atoms with Gasteiger partial charge in [0.1, 0.15) is 5.69 Å². The molecule has 0 fully saturated rings. The molecule has 4 rings (SSSR count). The van der Waals surface area contributed by atoms with E-state index in [0.29, 0.717) is 5.69 Å². The van der Waals surface area contributed by atoms with Crippen LogP contribution in [0.5, 0.6) is 0 Å². The molecule has 0 saturated heterocycles. The maximum atomic E-state index is 12.7. The third-order valence-corrected chi connectivity index (χ3v) is 6.11. The number of amides is 1. The van der Waals surface area contributed by atoms with Gasteiger partial charge in [-0.15, -0.1) is 0 Å². The number of sulfonamides is 1. The van der Waals surface area contributed by atoms with Crippen molar-refractivity contribution < 1.29 is 13.2 Å². The molecule has 172 valence electrons. The van der Waals surface area contributed by atoms with Gasteiger partial charge in [-0.05, 0) is 48.9 Å². The SMILES string of the molecule is Cc1ccc(Cn2nc(C(=O)Nc3ccc(S(=O)(=O)Nc4ncccn4)cc3)ccc2=O)cc1.